The molecule has 6 nitrogen and oxygen atoms in total. The summed E-state index contributed by atoms with van der Waals surface area (Å²) >= 11 is 0. The summed E-state index contributed by atoms with van der Waals surface area (Å²) in [7, 11) is 0. The van der Waals surface area contributed by atoms with Crippen LogP contribution >= 0.6 is 0 Å². The topological polar surface area (TPSA) is 97.2 Å². The lowest BCUT2D eigenvalue weighted by Gasteiger charge is -2.04. The van der Waals surface area contributed by atoms with Crippen LogP contribution in [0, 0.1) is 0 Å². The molecule has 0 saturated heterocycles. The van der Waals surface area contributed by atoms with Gasteiger partial charge in [0.2, 0.25) is 0 Å². The number of hydrogen-bond donors (Lipinski definition) is 3. The molecule has 0 aliphatic carbocycles. The minimum atomic E-state index is -0.404. The molecule has 1 amide bonds. The van der Waals surface area contributed by atoms with Gasteiger partial charge in [0, 0.05) is 31.5 Å². The van der Waals surface area contributed by atoms with Gasteiger partial charge < -0.3 is 20.8 Å². The van der Waals surface area contributed by atoms with E-state index in [1.54, 1.807) is 0 Å². The SMILES string of the molecule is NCCOCCNC(=O)c1c[nH]ccc1=O. The van der Waals surface area contributed by atoms with Gasteiger partial charge in [-0.1, -0.05) is 0 Å². The van der Waals surface area contributed by atoms with Gasteiger partial charge in [0.05, 0.1) is 13.2 Å². The molecule has 16 heavy (non-hydrogen) atoms. The Kier molecular flexibility index (Phi) is 5.24. The van der Waals surface area contributed by atoms with Crippen LogP contribution in [0.15, 0.2) is 23.3 Å². The van der Waals surface area contributed by atoms with Crippen LogP contribution in [0.2, 0.25) is 0 Å². The molecule has 88 valence electrons. The predicted octanol–water partition coefficient (Wildman–Crippen LogP) is -0.920. The number of H-pyrrole nitrogens is 1. The zero-order valence-corrected chi connectivity index (χ0v) is 8.86. The summed E-state index contributed by atoms with van der Waals surface area (Å²) in [6, 6.07) is 1.31. The first-order valence-electron chi connectivity index (χ1n) is 4.99. The highest BCUT2D eigenvalue weighted by Gasteiger charge is 2.07. The summed E-state index contributed by atoms with van der Waals surface area (Å²) in [6.45, 7) is 1.65. The van der Waals surface area contributed by atoms with E-state index in [9.17, 15) is 9.59 Å². The van der Waals surface area contributed by atoms with Crippen molar-refractivity contribution >= 4 is 5.91 Å². The van der Waals surface area contributed by atoms with E-state index in [1.807, 2.05) is 0 Å². The van der Waals surface area contributed by atoms with E-state index in [0.29, 0.717) is 26.3 Å². The van der Waals surface area contributed by atoms with Crippen LogP contribution in [0.25, 0.3) is 0 Å². The minimum Gasteiger partial charge on any atom is -0.378 e. The molecule has 1 heterocycles. The zero-order valence-electron chi connectivity index (χ0n) is 8.86. The first kappa shape index (κ1) is 12.4. The molecule has 1 rings (SSSR count). The number of rotatable bonds is 6. The van der Waals surface area contributed by atoms with Crippen LogP contribution < -0.4 is 16.5 Å². The Morgan fingerprint density at radius 3 is 3.00 bits per heavy atom. The molecular formula is C10H15N3O3. The standard InChI is InChI=1S/C10H15N3O3/c11-2-5-16-6-4-13-10(15)8-7-12-3-1-9(8)14/h1,3,7H,2,4-6,11H2,(H,12,14)(H,13,15). The molecule has 0 radical (unpaired) electrons. The normalized spacial score (nSPS) is 10.1. The van der Waals surface area contributed by atoms with Crippen molar-refractivity contribution in [3.63, 3.8) is 0 Å². The number of hydrogen-bond acceptors (Lipinski definition) is 4. The molecule has 0 aromatic carbocycles. The maximum atomic E-state index is 11.5. The number of carbonyl (C=O) groups is 1. The van der Waals surface area contributed by atoms with Gasteiger partial charge in [0.25, 0.3) is 5.91 Å². The van der Waals surface area contributed by atoms with Crippen molar-refractivity contribution < 1.29 is 9.53 Å². The molecule has 0 unspecified atom stereocenters. The number of nitrogens with one attached hydrogen (secondary N) is 2. The second kappa shape index (κ2) is 6.76. The molecule has 4 N–H and O–H groups in total. The lowest BCUT2D eigenvalue weighted by molar-refractivity contribution is 0.0918. The van der Waals surface area contributed by atoms with Gasteiger partial charge in [-0.15, -0.1) is 0 Å². The summed E-state index contributed by atoms with van der Waals surface area (Å²) < 4.78 is 5.07. The molecule has 0 bridgehead atoms. The maximum Gasteiger partial charge on any atom is 0.256 e. The van der Waals surface area contributed by atoms with E-state index in [0.717, 1.165) is 0 Å². The molecular weight excluding hydrogens is 210 g/mol. The summed E-state index contributed by atoms with van der Waals surface area (Å²) in [5.74, 6) is -0.404. The first-order chi connectivity index (χ1) is 7.75. The molecule has 0 saturated carbocycles. The van der Waals surface area contributed by atoms with Crippen molar-refractivity contribution in [1.29, 1.82) is 0 Å². The fourth-order valence-electron chi connectivity index (χ4n) is 1.11. The molecule has 0 fully saturated rings. The van der Waals surface area contributed by atoms with Gasteiger partial charge in [0.15, 0.2) is 5.43 Å². The monoisotopic (exact) mass is 225 g/mol. The molecule has 0 aliphatic heterocycles. The van der Waals surface area contributed by atoms with Gasteiger partial charge in [-0.2, -0.15) is 0 Å². The number of aromatic amines is 1. The Bertz CT molecular complexity index is 389. The quantitative estimate of drug-likeness (QED) is 0.545. The summed E-state index contributed by atoms with van der Waals surface area (Å²) in [5, 5.41) is 2.57. The second-order valence-corrected chi connectivity index (χ2v) is 3.08. The van der Waals surface area contributed by atoms with E-state index in [1.165, 1.54) is 18.5 Å². The van der Waals surface area contributed by atoms with Crippen molar-refractivity contribution in [2.75, 3.05) is 26.3 Å². The van der Waals surface area contributed by atoms with Crippen LogP contribution in [-0.4, -0.2) is 37.2 Å². The highest BCUT2D eigenvalue weighted by Crippen LogP contribution is 1.87. The van der Waals surface area contributed by atoms with Gasteiger partial charge in [-0.3, -0.25) is 9.59 Å². The van der Waals surface area contributed by atoms with E-state index in [2.05, 4.69) is 10.3 Å². The zero-order chi connectivity index (χ0) is 11.8. The van der Waals surface area contributed by atoms with Crippen LogP contribution in [0.5, 0.6) is 0 Å². The van der Waals surface area contributed by atoms with Crippen LogP contribution in [0.4, 0.5) is 0 Å². The lowest BCUT2D eigenvalue weighted by atomic mass is 10.2. The average molecular weight is 225 g/mol. The number of nitrogens with two attached hydrogens (primary N) is 1. The van der Waals surface area contributed by atoms with E-state index >= 15 is 0 Å². The molecule has 6 heteroatoms. The first-order valence-corrected chi connectivity index (χ1v) is 4.99. The number of aromatic nitrogens is 1. The predicted molar refractivity (Wildman–Crippen MR) is 59.3 cm³/mol. The third kappa shape index (κ3) is 3.84. The van der Waals surface area contributed by atoms with Crippen molar-refractivity contribution in [1.82, 2.24) is 10.3 Å². The number of pyridine rings is 1. The fourth-order valence-corrected chi connectivity index (χ4v) is 1.11. The molecule has 0 aliphatic rings. The van der Waals surface area contributed by atoms with Crippen molar-refractivity contribution in [2.45, 2.75) is 0 Å². The lowest BCUT2D eigenvalue weighted by Crippen LogP contribution is -2.31. The highest BCUT2D eigenvalue weighted by molar-refractivity contribution is 5.93. The van der Waals surface area contributed by atoms with Gasteiger partial charge in [-0.05, 0) is 0 Å². The smallest absolute Gasteiger partial charge is 0.256 e. The fraction of sp³-hybridized carbons (Fsp3) is 0.400. The van der Waals surface area contributed by atoms with E-state index in [-0.39, 0.29) is 11.0 Å². The third-order valence-electron chi connectivity index (χ3n) is 1.86. The average Bonchev–Trinajstić information content (AvgIpc) is 2.29. The molecule has 1 aromatic rings. The number of amides is 1. The Morgan fingerprint density at radius 2 is 2.31 bits per heavy atom. The summed E-state index contributed by atoms with van der Waals surface area (Å²) in [6.07, 6.45) is 2.85. The second-order valence-electron chi connectivity index (χ2n) is 3.08. The van der Waals surface area contributed by atoms with Crippen LogP contribution in [0.1, 0.15) is 10.4 Å². The van der Waals surface area contributed by atoms with Crippen molar-refractivity contribution in [2.24, 2.45) is 5.73 Å². The van der Waals surface area contributed by atoms with Gasteiger partial charge in [-0.25, -0.2) is 0 Å². The van der Waals surface area contributed by atoms with E-state index in [4.69, 9.17) is 10.5 Å². The maximum absolute atomic E-state index is 11.5. The Morgan fingerprint density at radius 1 is 1.50 bits per heavy atom. The molecule has 1 aromatic heterocycles. The summed E-state index contributed by atoms with van der Waals surface area (Å²) in [4.78, 5) is 25.4. The minimum absolute atomic E-state index is 0.0984. The van der Waals surface area contributed by atoms with Crippen LogP contribution in [0.3, 0.4) is 0 Å². The summed E-state index contributed by atoms with van der Waals surface area (Å²) in [5.41, 5.74) is 5.02. The Balaban J connectivity index is 2.36. The van der Waals surface area contributed by atoms with Crippen molar-refractivity contribution in [3.05, 3.63) is 34.2 Å². The van der Waals surface area contributed by atoms with Crippen LogP contribution in [-0.2, 0) is 4.74 Å². The number of carbonyl (C=O) groups excluding carboxylic acids is 1. The Hall–Kier alpha value is -1.66. The largest absolute Gasteiger partial charge is 0.378 e. The van der Waals surface area contributed by atoms with E-state index < -0.39 is 5.91 Å². The van der Waals surface area contributed by atoms with Gasteiger partial charge >= 0.3 is 0 Å². The molecule has 0 atom stereocenters. The van der Waals surface area contributed by atoms with Gasteiger partial charge in [0.1, 0.15) is 5.56 Å². The highest BCUT2D eigenvalue weighted by atomic mass is 16.5. The molecule has 0 spiro atoms. The third-order valence-corrected chi connectivity index (χ3v) is 1.86. The Labute approximate surface area is 92.8 Å². The number of ether oxygens (including phenoxy) is 1. The van der Waals surface area contributed by atoms with Crippen molar-refractivity contribution in [3.8, 4) is 0 Å².